The Morgan fingerprint density at radius 1 is 1.29 bits per heavy atom. The fourth-order valence-corrected chi connectivity index (χ4v) is 2.23. The van der Waals surface area contributed by atoms with E-state index in [1.807, 2.05) is 0 Å². The molecule has 0 atom stereocenters. The van der Waals surface area contributed by atoms with E-state index in [1.165, 1.54) is 25.3 Å². The molecule has 1 saturated heterocycles. The maximum absolute atomic E-state index is 13.3. The van der Waals surface area contributed by atoms with Crippen molar-refractivity contribution in [3.05, 3.63) is 24.1 Å². The zero-order valence-corrected chi connectivity index (χ0v) is 12.0. The van der Waals surface area contributed by atoms with Crippen LogP contribution in [-0.2, 0) is 9.59 Å². The van der Waals surface area contributed by atoms with E-state index in [-0.39, 0.29) is 24.1 Å². The smallest absolute Gasteiger partial charge is 0.224 e. The number of pyridine rings is 1. The largest absolute Gasteiger partial charge is 0.367 e. The molecule has 1 aromatic rings. The van der Waals surface area contributed by atoms with Gasteiger partial charge in [0, 0.05) is 52.3 Å². The Labute approximate surface area is 122 Å². The summed E-state index contributed by atoms with van der Waals surface area (Å²) in [5.74, 6) is -0.233. The highest BCUT2D eigenvalue weighted by Gasteiger charge is 2.21. The molecule has 2 rings (SSSR count). The van der Waals surface area contributed by atoms with E-state index in [1.54, 1.807) is 9.80 Å². The minimum atomic E-state index is -0.431. The van der Waals surface area contributed by atoms with Crippen molar-refractivity contribution in [2.24, 2.45) is 0 Å². The van der Waals surface area contributed by atoms with Gasteiger partial charge in [0.15, 0.2) is 11.6 Å². The molecule has 114 valence electrons. The highest BCUT2D eigenvalue weighted by Crippen LogP contribution is 2.09. The number of amides is 2. The summed E-state index contributed by atoms with van der Waals surface area (Å²) >= 11 is 0. The topological polar surface area (TPSA) is 65.5 Å². The van der Waals surface area contributed by atoms with E-state index < -0.39 is 5.82 Å². The van der Waals surface area contributed by atoms with E-state index in [4.69, 9.17) is 0 Å². The number of carbonyl (C=O) groups excluding carboxylic acids is 2. The summed E-state index contributed by atoms with van der Waals surface area (Å²) in [7, 11) is 0. The predicted octanol–water partition coefficient (Wildman–Crippen LogP) is 0.713. The molecule has 1 N–H and O–H groups in total. The lowest BCUT2D eigenvalue weighted by Gasteiger charge is -2.34. The lowest BCUT2D eigenvalue weighted by molar-refractivity contribution is -0.138. The zero-order valence-electron chi connectivity index (χ0n) is 12.0. The number of halogens is 1. The van der Waals surface area contributed by atoms with Crippen LogP contribution in [-0.4, -0.2) is 59.3 Å². The first-order valence-corrected chi connectivity index (χ1v) is 6.95. The number of piperazine rings is 1. The highest BCUT2D eigenvalue weighted by molar-refractivity contribution is 5.77. The maximum atomic E-state index is 13.3. The Morgan fingerprint density at radius 2 is 1.95 bits per heavy atom. The zero-order chi connectivity index (χ0) is 15.2. The van der Waals surface area contributed by atoms with Crippen molar-refractivity contribution in [3.63, 3.8) is 0 Å². The van der Waals surface area contributed by atoms with Crippen LogP contribution in [0.5, 0.6) is 0 Å². The maximum Gasteiger partial charge on any atom is 0.224 e. The summed E-state index contributed by atoms with van der Waals surface area (Å²) in [4.78, 5) is 30.5. The number of nitrogens with zero attached hydrogens (tertiary/aromatic N) is 3. The van der Waals surface area contributed by atoms with Crippen LogP contribution < -0.4 is 5.32 Å². The first-order valence-electron chi connectivity index (χ1n) is 6.95. The minimum Gasteiger partial charge on any atom is -0.367 e. The summed E-state index contributed by atoms with van der Waals surface area (Å²) < 4.78 is 13.3. The molecule has 0 bridgehead atoms. The van der Waals surface area contributed by atoms with Gasteiger partial charge in [-0.2, -0.15) is 0 Å². The Bertz CT molecular complexity index is 515. The van der Waals surface area contributed by atoms with Crippen molar-refractivity contribution < 1.29 is 14.0 Å². The van der Waals surface area contributed by atoms with Gasteiger partial charge in [-0.25, -0.2) is 9.37 Å². The van der Waals surface area contributed by atoms with Crippen LogP contribution >= 0.6 is 0 Å². The standard InChI is InChI=1S/C14H19FN4O2/c1-11(20)18-7-9-19(10-8-18)13(21)4-6-17-14-12(15)3-2-5-16-14/h2-3,5H,4,6-10H2,1H3,(H,16,17). The first-order chi connectivity index (χ1) is 10.1. The van der Waals surface area contributed by atoms with E-state index in [0.29, 0.717) is 32.7 Å². The molecule has 1 aliphatic heterocycles. The molecule has 1 aliphatic rings. The van der Waals surface area contributed by atoms with Crippen molar-refractivity contribution in [1.29, 1.82) is 0 Å². The predicted molar refractivity (Wildman–Crippen MR) is 76.1 cm³/mol. The summed E-state index contributed by atoms with van der Waals surface area (Å²) in [5.41, 5.74) is 0. The van der Waals surface area contributed by atoms with E-state index in [9.17, 15) is 14.0 Å². The monoisotopic (exact) mass is 294 g/mol. The Hall–Kier alpha value is -2.18. The second-order valence-corrected chi connectivity index (χ2v) is 4.90. The van der Waals surface area contributed by atoms with Gasteiger partial charge in [-0.15, -0.1) is 0 Å². The van der Waals surface area contributed by atoms with Crippen LogP contribution in [0.2, 0.25) is 0 Å². The van der Waals surface area contributed by atoms with Gasteiger partial charge >= 0.3 is 0 Å². The normalized spacial score (nSPS) is 15.0. The van der Waals surface area contributed by atoms with Gasteiger partial charge in [-0.3, -0.25) is 9.59 Å². The number of hydrogen-bond donors (Lipinski definition) is 1. The number of aromatic nitrogens is 1. The van der Waals surface area contributed by atoms with Gasteiger partial charge in [0.2, 0.25) is 11.8 Å². The lowest BCUT2D eigenvalue weighted by Crippen LogP contribution is -2.50. The van der Waals surface area contributed by atoms with Gasteiger partial charge in [-0.05, 0) is 12.1 Å². The van der Waals surface area contributed by atoms with Crippen LogP contribution in [0.4, 0.5) is 10.2 Å². The third-order valence-corrected chi connectivity index (χ3v) is 3.47. The molecule has 0 aromatic carbocycles. The van der Waals surface area contributed by atoms with Gasteiger partial charge in [0.1, 0.15) is 0 Å². The van der Waals surface area contributed by atoms with Crippen LogP contribution in [0.1, 0.15) is 13.3 Å². The molecule has 2 heterocycles. The molecular weight excluding hydrogens is 275 g/mol. The van der Waals surface area contributed by atoms with Crippen molar-refractivity contribution in [2.45, 2.75) is 13.3 Å². The van der Waals surface area contributed by atoms with E-state index >= 15 is 0 Å². The Balaban J connectivity index is 1.73. The van der Waals surface area contributed by atoms with Crippen LogP contribution in [0.25, 0.3) is 0 Å². The molecule has 2 amide bonds. The molecular formula is C14H19FN4O2. The molecule has 1 fully saturated rings. The molecule has 21 heavy (non-hydrogen) atoms. The Morgan fingerprint density at radius 3 is 2.57 bits per heavy atom. The third-order valence-electron chi connectivity index (χ3n) is 3.47. The fourth-order valence-electron chi connectivity index (χ4n) is 2.23. The van der Waals surface area contributed by atoms with Gasteiger partial charge in [0.25, 0.3) is 0 Å². The van der Waals surface area contributed by atoms with Crippen molar-refractivity contribution in [3.8, 4) is 0 Å². The molecule has 0 radical (unpaired) electrons. The summed E-state index contributed by atoms with van der Waals surface area (Å²) in [6.07, 6.45) is 1.77. The minimum absolute atomic E-state index is 0.00189. The first kappa shape index (κ1) is 15.2. The van der Waals surface area contributed by atoms with Crippen molar-refractivity contribution in [1.82, 2.24) is 14.8 Å². The van der Waals surface area contributed by atoms with Gasteiger partial charge in [0.05, 0.1) is 0 Å². The molecule has 6 nitrogen and oxygen atoms in total. The summed E-state index contributed by atoms with van der Waals surface area (Å²) in [5, 5.41) is 2.81. The number of hydrogen-bond acceptors (Lipinski definition) is 4. The molecule has 7 heteroatoms. The second kappa shape index (κ2) is 7.01. The lowest BCUT2D eigenvalue weighted by atomic mass is 10.2. The summed E-state index contributed by atoms with van der Waals surface area (Å²) in [6.45, 7) is 4.11. The quantitative estimate of drug-likeness (QED) is 0.888. The van der Waals surface area contributed by atoms with Crippen LogP contribution in [0, 0.1) is 5.82 Å². The molecule has 1 aromatic heterocycles. The molecule has 0 unspecified atom stereocenters. The molecule has 0 spiro atoms. The van der Waals surface area contributed by atoms with Gasteiger partial charge in [-0.1, -0.05) is 0 Å². The summed E-state index contributed by atoms with van der Waals surface area (Å²) in [6, 6.07) is 2.83. The Kier molecular flexibility index (Phi) is 5.08. The van der Waals surface area contributed by atoms with Crippen LogP contribution in [0.15, 0.2) is 18.3 Å². The van der Waals surface area contributed by atoms with Crippen LogP contribution in [0.3, 0.4) is 0 Å². The van der Waals surface area contributed by atoms with E-state index in [0.717, 1.165) is 0 Å². The average Bonchev–Trinajstić information content (AvgIpc) is 2.49. The van der Waals surface area contributed by atoms with Gasteiger partial charge < -0.3 is 15.1 Å². The number of rotatable bonds is 4. The molecule has 0 saturated carbocycles. The molecule has 0 aliphatic carbocycles. The average molecular weight is 294 g/mol. The highest BCUT2D eigenvalue weighted by atomic mass is 19.1. The second-order valence-electron chi connectivity index (χ2n) is 4.90. The number of nitrogens with one attached hydrogen (secondary N) is 1. The fraction of sp³-hybridized carbons (Fsp3) is 0.500. The SMILES string of the molecule is CC(=O)N1CCN(C(=O)CCNc2ncccc2F)CC1. The van der Waals surface area contributed by atoms with Crippen molar-refractivity contribution in [2.75, 3.05) is 38.0 Å². The van der Waals surface area contributed by atoms with E-state index in [2.05, 4.69) is 10.3 Å². The van der Waals surface area contributed by atoms with Crippen molar-refractivity contribution >= 4 is 17.6 Å². The third kappa shape index (κ3) is 4.14. The number of anilines is 1. The number of carbonyl (C=O) groups is 2.